The summed E-state index contributed by atoms with van der Waals surface area (Å²) in [6, 6.07) is 0. The second kappa shape index (κ2) is 2.55. The third-order valence-corrected chi connectivity index (χ3v) is 1.69. The van der Waals surface area contributed by atoms with Crippen LogP contribution < -0.4 is 0 Å². The predicted octanol–water partition coefficient (Wildman–Crippen LogP) is 1.71. The fourth-order valence-corrected chi connectivity index (χ4v) is 1.59. The van der Waals surface area contributed by atoms with Crippen molar-refractivity contribution in [1.29, 1.82) is 0 Å². The van der Waals surface area contributed by atoms with Gasteiger partial charge in [0.05, 0.1) is 5.60 Å². The van der Waals surface area contributed by atoms with E-state index in [-0.39, 0.29) is 12.7 Å². The van der Waals surface area contributed by atoms with Crippen LogP contribution in [0.3, 0.4) is 0 Å². The van der Waals surface area contributed by atoms with Gasteiger partial charge in [0.25, 0.3) is 0 Å². The van der Waals surface area contributed by atoms with E-state index in [9.17, 15) is 0 Å². The fourth-order valence-electron chi connectivity index (χ4n) is 1.59. The molecule has 1 heterocycles. The Labute approximate surface area is 63.0 Å². The quantitative estimate of drug-likeness (QED) is 0.479. The molecule has 3 heteroatoms. The highest BCUT2D eigenvalue weighted by molar-refractivity contribution is 6.42. The summed E-state index contributed by atoms with van der Waals surface area (Å²) < 4.78 is 10.9. The fraction of sp³-hybridized carbons (Fsp3) is 1.00. The molecule has 1 rings (SSSR count). The van der Waals surface area contributed by atoms with Crippen LogP contribution in [-0.4, -0.2) is 18.8 Å². The van der Waals surface area contributed by atoms with Gasteiger partial charge in [0.15, 0.2) is 0 Å². The largest absolute Gasteiger partial charge is 0.454 e. The predicted molar refractivity (Wildman–Crippen MR) is 41.9 cm³/mol. The third kappa shape index (κ3) is 1.99. The lowest BCUT2D eigenvalue weighted by molar-refractivity contribution is -0.0260. The molecule has 10 heavy (non-hydrogen) atoms. The Kier molecular flexibility index (Phi) is 2.06. The Balaban J connectivity index is 2.51. The highest BCUT2D eigenvalue weighted by atomic mass is 16.6. The first-order valence-electron chi connectivity index (χ1n) is 3.83. The lowest BCUT2D eigenvalue weighted by atomic mass is 9.86. The SMILES string of the molecule is CB1OC(C)CC(C)(C)O1. The Hall–Kier alpha value is -0.0151. The molecule has 0 aromatic rings. The van der Waals surface area contributed by atoms with E-state index < -0.39 is 0 Å². The van der Waals surface area contributed by atoms with Gasteiger partial charge in [-0.05, 0) is 34.0 Å². The highest BCUT2D eigenvalue weighted by Gasteiger charge is 2.33. The molecule has 0 aliphatic carbocycles. The first-order valence-corrected chi connectivity index (χ1v) is 3.83. The van der Waals surface area contributed by atoms with Crippen molar-refractivity contribution in [2.45, 2.75) is 45.7 Å². The van der Waals surface area contributed by atoms with Gasteiger partial charge in [-0.1, -0.05) is 0 Å². The maximum absolute atomic E-state index is 5.52. The van der Waals surface area contributed by atoms with Crippen LogP contribution in [-0.2, 0) is 9.31 Å². The summed E-state index contributed by atoms with van der Waals surface area (Å²) in [6.45, 7) is 8.23. The van der Waals surface area contributed by atoms with Crippen molar-refractivity contribution in [3.8, 4) is 0 Å². The van der Waals surface area contributed by atoms with Gasteiger partial charge in [-0.25, -0.2) is 0 Å². The molecule has 2 nitrogen and oxygen atoms in total. The zero-order chi connectivity index (χ0) is 7.78. The molecule has 0 N–H and O–H groups in total. The molecule has 58 valence electrons. The first-order chi connectivity index (χ1) is 4.49. The number of rotatable bonds is 0. The van der Waals surface area contributed by atoms with Gasteiger partial charge in [-0.3, -0.25) is 0 Å². The standard InChI is InChI=1S/C7H15BO2/c1-6-5-7(2,3)10-8(4)9-6/h6H,5H2,1-4H3. The third-order valence-electron chi connectivity index (χ3n) is 1.69. The van der Waals surface area contributed by atoms with E-state index in [0.717, 1.165) is 6.42 Å². The van der Waals surface area contributed by atoms with Crippen molar-refractivity contribution in [3.05, 3.63) is 0 Å². The van der Waals surface area contributed by atoms with Crippen molar-refractivity contribution in [2.24, 2.45) is 0 Å². The summed E-state index contributed by atoms with van der Waals surface area (Å²) in [5.74, 6) is 0. The lowest BCUT2D eigenvalue weighted by Crippen LogP contribution is -2.44. The van der Waals surface area contributed by atoms with Gasteiger partial charge in [0.1, 0.15) is 0 Å². The minimum atomic E-state index is -0.0428. The molecule has 0 bridgehead atoms. The van der Waals surface area contributed by atoms with Gasteiger partial charge in [-0.15, -0.1) is 0 Å². The molecule has 1 saturated heterocycles. The van der Waals surface area contributed by atoms with E-state index in [0.29, 0.717) is 6.10 Å². The summed E-state index contributed by atoms with van der Waals surface area (Å²) in [5.41, 5.74) is -0.00289. The molecule has 0 amide bonds. The summed E-state index contributed by atoms with van der Waals surface area (Å²) in [5, 5.41) is 0. The second-order valence-electron chi connectivity index (χ2n) is 3.60. The maximum atomic E-state index is 5.52. The van der Waals surface area contributed by atoms with Crippen LogP contribution in [0.2, 0.25) is 6.82 Å². The van der Waals surface area contributed by atoms with Crippen LogP contribution in [0.25, 0.3) is 0 Å². The minimum Gasteiger partial charge on any atom is -0.409 e. The maximum Gasteiger partial charge on any atom is 0.454 e. The van der Waals surface area contributed by atoms with Gasteiger partial charge in [0.2, 0.25) is 0 Å². The van der Waals surface area contributed by atoms with E-state index in [2.05, 4.69) is 20.8 Å². The Morgan fingerprint density at radius 1 is 1.50 bits per heavy atom. The Bertz CT molecular complexity index is 113. The Morgan fingerprint density at radius 3 is 2.50 bits per heavy atom. The normalized spacial score (nSPS) is 32.4. The van der Waals surface area contributed by atoms with Crippen LogP contribution in [0.15, 0.2) is 0 Å². The minimum absolute atomic E-state index is 0.00289. The molecule has 0 spiro atoms. The van der Waals surface area contributed by atoms with E-state index in [1.165, 1.54) is 0 Å². The average Bonchev–Trinajstić information content (AvgIpc) is 1.54. The average molecular weight is 142 g/mol. The molecule has 0 radical (unpaired) electrons. The zero-order valence-corrected chi connectivity index (χ0v) is 7.18. The van der Waals surface area contributed by atoms with Gasteiger partial charge in [-0.2, -0.15) is 0 Å². The molecule has 1 fully saturated rings. The zero-order valence-electron chi connectivity index (χ0n) is 7.18. The van der Waals surface area contributed by atoms with Crippen LogP contribution in [0.1, 0.15) is 27.2 Å². The molecule has 0 saturated carbocycles. The molecule has 1 unspecified atom stereocenters. The molecule has 1 aliphatic heterocycles. The molecular weight excluding hydrogens is 127 g/mol. The van der Waals surface area contributed by atoms with Crippen molar-refractivity contribution >= 4 is 7.12 Å². The summed E-state index contributed by atoms with van der Waals surface area (Å²) in [6.07, 6.45) is 1.32. The Morgan fingerprint density at radius 2 is 2.10 bits per heavy atom. The molecule has 0 aromatic heterocycles. The lowest BCUT2D eigenvalue weighted by Gasteiger charge is -2.37. The van der Waals surface area contributed by atoms with Gasteiger partial charge in [0, 0.05) is 6.10 Å². The van der Waals surface area contributed by atoms with Crippen LogP contribution >= 0.6 is 0 Å². The van der Waals surface area contributed by atoms with Gasteiger partial charge >= 0.3 is 7.12 Å². The van der Waals surface area contributed by atoms with Gasteiger partial charge < -0.3 is 9.31 Å². The molecule has 0 aromatic carbocycles. The van der Waals surface area contributed by atoms with E-state index in [1.54, 1.807) is 0 Å². The molecule has 1 aliphatic rings. The molecular formula is C7H15BO2. The highest BCUT2D eigenvalue weighted by Crippen LogP contribution is 2.25. The van der Waals surface area contributed by atoms with Crippen molar-refractivity contribution in [2.75, 3.05) is 0 Å². The number of hydrogen-bond donors (Lipinski definition) is 0. The monoisotopic (exact) mass is 142 g/mol. The second-order valence-corrected chi connectivity index (χ2v) is 3.60. The van der Waals surface area contributed by atoms with Crippen LogP contribution in [0, 0.1) is 0 Å². The number of hydrogen-bond acceptors (Lipinski definition) is 2. The summed E-state index contributed by atoms with van der Waals surface area (Å²) in [4.78, 5) is 0. The molecule has 1 atom stereocenters. The van der Waals surface area contributed by atoms with E-state index in [1.807, 2.05) is 6.82 Å². The smallest absolute Gasteiger partial charge is 0.409 e. The van der Waals surface area contributed by atoms with Crippen LogP contribution in [0.5, 0.6) is 0 Å². The topological polar surface area (TPSA) is 18.5 Å². The van der Waals surface area contributed by atoms with E-state index in [4.69, 9.17) is 9.31 Å². The first kappa shape index (κ1) is 8.09. The van der Waals surface area contributed by atoms with Crippen molar-refractivity contribution < 1.29 is 9.31 Å². The van der Waals surface area contributed by atoms with Crippen molar-refractivity contribution in [3.63, 3.8) is 0 Å². The van der Waals surface area contributed by atoms with E-state index >= 15 is 0 Å². The summed E-state index contributed by atoms with van der Waals surface area (Å²) >= 11 is 0. The van der Waals surface area contributed by atoms with Crippen molar-refractivity contribution in [1.82, 2.24) is 0 Å². The summed E-state index contributed by atoms with van der Waals surface area (Å²) in [7, 11) is -0.0428. The van der Waals surface area contributed by atoms with Crippen LogP contribution in [0.4, 0.5) is 0 Å².